The van der Waals surface area contributed by atoms with Crippen molar-refractivity contribution in [3.63, 3.8) is 0 Å². The van der Waals surface area contributed by atoms with E-state index in [0.29, 0.717) is 24.3 Å². The topological polar surface area (TPSA) is 29.1 Å². The fraction of sp³-hybridized carbons (Fsp3) is 0.583. The van der Waals surface area contributed by atoms with E-state index in [0.717, 1.165) is 6.42 Å². The molecule has 1 aromatic rings. The zero-order chi connectivity index (χ0) is 10.8. The molecule has 2 atom stereocenters. The van der Waals surface area contributed by atoms with Crippen molar-refractivity contribution in [1.29, 1.82) is 0 Å². The number of amides is 1. The van der Waals surface area contributed by atoms with Crippen molar-refractivity contribution in [2.24, 2.45) is 5.92 Å². The van der Waals surface area contributed by atoms with Gasteiger partial charge >= 0.3 is 0 Å². The number of hydrogen-bond acceptors (Lipinski definition) is 2. The molecular weight excluding hydrogens is 206 g/mol. The van der Waals surface area contributed by atoms with Crippen LogP contribution in [0.15, 0.2) is 17.5 Å². The summed E-state index contributed by atoms with van der Waals surface area (Å²) in [6, 6.07) is 4.63. The smallest absolute Gasteiger partial charge is 0.220 e. The minimum Gasteiger partial charge on any atom is -0.353 e. The summed E-state index contributed by atoms with van der Waals surface area (Å²) >= 11 is 1.79. The van der Waals surface area contributed by atoms with Crippen molar-refractivity contribution in [3.05, 3.63) is 22.4 Å². The summed E-state index contributed by atoms with van der Waals surface area (Å²) in [6.07, 6.45) is 1.76. The monoisotopic (exact) mass is 223 g/mol. The first-order chi connectivity index (χ1) is 7.16. The lowest BCUT2D eigenvalue weighted by Crippen LogP contribution is -2.27. The molecule has 2 unspecified atom stereocenters. The molecule has 1 aliphatic rings. The van der Waals surface area contributed by atoms with E-state index in [1.807, 2.05) is 0 Å². The number of carbonyl (C=O) groups excluding carboxylic acids is 1. The lowest BCUT2D eigenvalue weighted by Gasteiger charge is -2.05. The molecule has 2 rings (SSSR count). The Hall–Kier alpha value is -0.830. The molecule has 1 fully saturated rings. The largest absolute Gasteiger partial charge is 0.353 e. The maximum Gasteiger partial charge on any atom is 0.220 e. The fourth-order valence-corrected chi connectivity index (χ4v) is 2.71. The van der Waals surface area contributed by atoms with Gasteiger partial charge < -0.3 is 5.32 Å². The maximum absolute atomic E-state index is 11.5. The highest BCUT2D eigenvalue weighted by Gasteiger charge is 2.39. The standard InChI is InChI=1S/C12H17NOS/c1-8(2)6-12(14)13-10-7-9(10)11-4-3-5-15-11/h3-5,8-10H,6-7H2,1-2H3,(H,13,14). The van der Waals surface area contributed by atoms with Crippen LogP contribution in [0.5, 0.6) is 0 Å². The van der Waals surface area contributed by atoms with E-state index < -0.39 is 0 Å². The molecule has 82 valence electrons. The summed E-state index contributed by atoms with van der Waals surface area (Å²) in [7, 11) is 0. The first-order valence-corrected chi connectivity index (χ1v) is 6.37. The molecule has 1 aliphatic carbocycles. The normalized spacial score (nSPS) is 24.2. The SMILES string of the molecule is CC(C)CC(=O)NC1CC1c1cccs1. The van der Waals surface area contributed by atoms with Crippen LogP contribution in [0.3, 0.4) is 0 Å². The molecule has 1 heterocycles. The number of carbonyl (C=O) groups is 1. The predicted octanol–water partition coefficient (Wildman–Crippen LogP) is 2.77. The fourth-order valence-electron chi connectivity index (χ4n) is 1.81. The second kappa shape index (κ2) is 4.35. The van der Waals surface area contributed by atoms with Gasteiger partial charge in [0.05, 0.1) is 0 Å². The van der Waals surface area contributed by atoms with Gasteiger partial charge in [0.1, 0.15) is 0 Å². The summed E-state index contributed by atoms with van der Waals surface area (Å²) in [5.41, 5.74) is 0. The molecule has 1 saturated carbocycles. The quantitative estimate of drug-likeness (QED) is 0.835. The minimum absolute atomic E-state index is 0.203. The molecule has 1 amide bonds. The lowest BCUT2D eigenvalue weighted by atomic mass is 10.1. The van der Waals surface area contributed by atoms with Gasteiger partial charge in [-0.25, -0.2) is 0 Å². The summed E-state index contributed by atoms with van der Waals surface area (Å²) in [4.78, 5) is 12.9. The van der Waals surface area contributed by atoms with Crippen molar-refractivity contribution >= 4 is 17.2 Å². The average Bonchev–Trinajstić information content (AvgIpc) is 2.71. The van der Waals surface area contributed by atoms with Crippen LogP contribution in [-0.4, -0.2) is 11.9 Å². The molecule has 1 aromatic heterocycles. The Labute approximate surface area is 94.7 Å². The number of thiophene rings is 1. The van der Waals surface area contributed by atoms with E-state index in [2.05, 4.69) is 36.7 Å². The first kappa shape index (κ1) is 10.7. The van der Waals surface area contributed by atoms with Crippen LogP contribution in [0.1, 0.15) is 37.5 Å². The molecular formula is C12H17NOS. The third-order valence-electron chi connectivity index (χ3n) is 2.64. The van der Waals surface area contributed by atoms with Crippen LogP contribution in [0.25, 0.3) is 0 Å². The van der Waals surface area contributed by atoms with Crippen LogP contribution < -0.4 is 5.32 Å². The lowest BCUT2D eigenvalue weighted by molar-refractivity contribution is -0.121. The minimum atomic E-state index is 0.203. The van der Waals surface area contributed by atoms with E-state index in [4.69, 9.17) is 0 Å². The van der Waals surface area contributed by atoms with Gasteiger partial charge in [0.25, 0.3) is 0 Å². The summed E-state index contributed by atoms with van der Waals surface area (Å²) in [5.74, 6) is 1.24. The Kier molecular flexibility index (Phi) is 3.10. The molecule has 15 heavy (non-hydrogen) atoms. The number of rotatable bonds is 4. The molecule has 0 aromatic carbocycles. The highest BCUT2D eigenvalue weighted by molar-refractivity contribution is 7.10. The van der Waals surface area contributed by atoms with Crippen molar-refractivity contribution < 1.29 is 4.79 Å². The Balaban J connectivity index is 1.78. The Bertz CT molecular complexity index is 331. The summed E-state index contributed by atoms with van der Waals surface area (Å²) in [5, 5.41) is 5.19. The second-order valence-corrected chi connectivity index (χ2v) is 5.61. The van der Waals surface area contributed by atoms with Crippen LogP contribution in [0.2, 0.25) is 0 Å². The van der Waals surface area contributed by atoms with E-state index in [9.17, 15) is 4.79 Å². The van der Waals surface area contributed by atoms with Crippen molar-refractivity contribution in [3.8, 4) is 0 Å². The van der Waals surface area contributed by atoms with Crippen LogP contribution in [0, 0.1) is 5.92 Å². The van der Waals surface area contributed by atoms with Gasteiger partial charge in [-0.2, -0.15) is 0 Å². The van der Waals surface area contributed by atoms with Crippen molar-refractivity contribution in [1.82, 2.24) is 5.32 Å². The molecule has 0 saturated heterocycles. The van der Waals surface area contributed by atoms with Gasteiger partial charge in [0, 0.05) is 23.3 Å². The zero-order valence-corrected chi connectivity index (χ0v) is 10.0. The van der Waals surface area contributed by atoms with Gasteiger partial charge in [0.15, 0.2) is 0 Å². The maximum atomic E-state index is 11.5. The second-order valence-electron chi connectivity index (χ2n) is 4.63. The molecule has 1 N–H and O–H groups in total. The average molecular weight is 223 g/mol. The summed E-state index contributed by atoms with van der Waals surface area (Å²) in [6.45, 7) is 4.15. The Morgan fingerprint density at radius 1 is 1.67 bits per heavy atom. The number of nitrogens with one attached hydrogen (secondary N) is 1. The highest BCUT2D eigenvalue weighted by Crippen LogP contribution is 2.42. The van der Waals surface area contributed by atoms with Crippen molar-refractivity contribution in [2.75, 3.05) is 0 Å². The van der Waals surface area contributed by atoms with Crippen molar-refractivity contribution in [2.45, 2.75) is 38.6 Å². The van der Waals surface area contributed by atoms with Crippen LogP contribution in [-0.2, 0) is 4.79 Å². The van der Waals surface area contributed by atoms with Crippen LogP contribution in [0.4, 0.5) is 0 Å². The molecule has 0 aliphatic heterocycles. The van der Waals surface area contributed by atoms with Crippen LogP contribution >= 0.6 is 11.3 Å². The van der Waals surface area contributed by atoms with E-state index in [1.54, 1.807) is 11.3 Å². The predicted molar refractivity (Wildman–Crippen MR) is 63.1 cm³/mol. The summed E-state index contributed by atoms with van der Waals surface area (Å²) < 4.78 is 0. The third kappa shape index (κ3) is 2.81. The Morgan fingerprint density at radius 2 is 2.47 bits per heavy atom. The zero-order valence-electron chi connectivity index (χ0n) is 9.19. The molecule has 0 spiro atoms. The van der Waals surface area contributed by atoms with E-state index in [1.165, 1.54) is 4.88 Å². The van der Waals surface area contributed by atoms with Gasteiger partial charge in [-0.1, -0.05) is 19.9 Å². The van der Waals surface area contributed by atoms with Gasteiger partial charge in [-0.3, -0.25) is 4.79 Å². The highest BCUT2D eigenvalue weighted by atomic mass is 32.1. The number of hydrogen-bond donors (Lipinski definition) is 1. The van der Waals surface area contributed by atoms with Gasteiger partial charge in [-0.15, -0.1) is 11.3 Å². The van der Waals surface area contributed by atoms with E-state index >= 15 is 0 Å². The first-order valence-electron chi connectivity index (χ1n) is 5.49. The Morgan fingerprint density at radius 3 is 3.07 bits per heavy atom. The molecule has 3 heteroatoms. The van der Waals surface area contributed by atoms with Gasteiger partial charge in [-0.05, 0) is 23.8 Å². The molecule has 2 nitrogen and oxygen atoms in total. The molecule has 0 bridgehead atoms. The molecule has 0 radical (unpaired) electrons. The third-order valence-corrected chi connectivity index (χ3v) is 3.64. The van der Waals surface area contributed by atoms with Gasteiger partial charge in [0.2, 0.25) is 5.91 Å². The van der Waals surface area contributed by atoms with E-state index in [-0.39, 0.29) is 5.91 Å².